The molecule has 10 N–H and O–H groups in total. The fourth-order valence-corrected chi connectivity index (χ4v) is 11.2. The number of rotatable bonds is 16. The molecule has 0 bridgehead atoms. The highest BCUT2D eigenvalue weighted by Crippen LogP contribution is 2.32. The third kappa shape index (κ3) is 16.9. The summed E-state index contributed by atoms with van der Waals surface area (Å²) in [4.78, 5) is 79.8. The molecule has 10 rings (SSSR count). The maximum atomic E-state index is 14.0. The lowest BCUT2D eigenvalue weighted by molar-refractivity contribution is -0.125. The molecule has 95 heavy (non-hydrogen) atoms. The Balaban J connectivity index is 0.000000185. The van der Waals surface area contributed by atoms with Crippen molar-refractivity contribution in [3.8, 4) is 47.0 Å². The minimum Gasteiger partial charge on any atom is -0.497 e. The van der Waals surface area contributed by atoms with Crippen molar-refractivity contribution in [3.63, 3.8) is 0 Å². The van der Waals surface area contributed by atoms with E-state index in [0.29, 0.717) is 107 Å². The number of aryl methyl sites for hydroxylation is 2. The number of amides is 6. The molecule has 4 aliphatic heterocycles. The van der Waals surface area contributed by atoms with E-state index < -0.39 is 29.4 Å². The number of primary amides is 3. The molecule has 0 spiro atoms. The van der Waals surface area contributed by atoms with Crippen LogP contribution < -0.4 is 43.0 Å². The molecule has 25 nitrogen and oxygen atoms in total. The summed E-state index contributed by atoms with van der Waals surface area (Å²) in [6.45, 7) is 21.6. The highest BCUT2D eigenvalue weighted by Gasteiger charge is 2.35. The summed E-state index contributed by atoms with van der Waals surface area (Å²) in [5.74, 6) is 15.7. The number of nitrogens with zero attached hydrogens (tertiary/aromatic N) is 10. The molecule has 496 valence electrons. The van der Waals surface area contributed by atoms with Gasteiger partial charge >= 0.3 is 0 Å². The summed E-state index contributed by atoms with van der Waals surface area (Å²) in [6, 6.07) is 14.0. The van der Waals surface area contributed by atoms with Gasteiger partial charge in [0.1, 0.15) is 57.3 Å². The van der Waals surface area contributed by atoms with E-state index in [0.717, 1.165) is 30.8 Å². The van der Waals surface area contributed by atoms with Crippen LogP contribution in [0.1, 0.15) is 113 Å². The van der Waals surface area contributed by atoms with E-state index >= 15 is 0 Å². The van der Waals surface area contributed by atoms with E-state index in [-0.39, 0.29) is 86.6 Å². The van der Waals surface area contributed by atoms with Crippen molar-refractivity contribution in [1.82, 2.24) is 48.9 Å². The summed E-state index contributed by atoms with van der Waals surface area (Å²) in [5.41, 5.74) is 26.6. The molecule has 4 saturated heterocycles. The third-order valence-corrected chi connectivity index (χ3v) is 16.1. The lowest BCUT2D eigenvalue weighted by Crippen LogP contribution is -2.39. The van der Waals surface area contributed by atoms with Crippen molar-refractivity contribution in [2.45, 2.75) is 51.2 Å². The first-order valence-corrected chi connectivity index (χ1v) is 30.4. The average molecular weight is 1300 g/mol. The lowest BCUT2D eigenvalue weighted by atomic mass is 10.1. The molecule has 27 heteroatoms. The number of morpholine rings is 1. The van der Waals surface area contributed by atoms with Gasteiger partial charge in [0, 0.05) is 84.1 Å². The van der Waals surface area contributed by atoms with Crippen LogP contribution in [0.4, 0.5) is 26.2 Å². The van der Waals surface area contributed by atoms with Crippen LogP contribution >= 0.6 is 0 Å². The molecule has 0 saturated carbocycles. The number of methoxy groups -OCH3 is 2. The van der Waals surface area contributed by atoms with Gasteiger partial charge in [-0.1, -0.05) is 49.6 Å². The highest BCUT2D eigenvalue weighted by atomic mass is 19.1. The Morgan fingerprint density at radius 2 is 1.00 bits per heavy atom. The maximum Gasteiger partial charge on any atom is 0.255 e. The normalized spacial score (nSPS) is 16.4. The molecule has 0 radical (unpaired) electrons. The van der Waals surface area contributed by atoms with E-state index in [1.54, 1.807) is 87.8 Å². The lowest BCUT2D eigenvalue weighted by Gasteiger charge is -2.27. The first-order valence-electron chi connectivity index (χ1n) is 30.4. The van der Waals surface area contributed by atoms with E-state index in [2.05, 4.69) is 81.0 Å². The zero-order valence-corrected chi connectivity index (χ0v) is 53.6. The second-order valence-corrected chi connectivity index (χ2v) is 22.4. The molecule has 0 unspecified atom stereocenters. The molecule has 3 atom stereocenters. The topological polar surface area (TPSA) is 325 Å². The van der Waals surface area contributed by atoms with Gasteiger partial charge in [-0.3, -0.25) is 33.7 Å². The van der Waals surface area contributed by atoms with E-state index in [1.807, 2.05) is 13.8 Å². The Bertz CT molecular complexity index is 4130. The summed E-state index contributed by atoms with van der Waals surface area (Å²) >= 11 is 0. The number of carbonyl (C=O) groups is 6. The second-order valence-electron chi connectivity index (χ2n) is 22.4. The zero-order chi connectivity index (χ0) is 68.6. The number of halogens is 2. The number of aromatic nitrogens is 6. The molecule has 0 aliphatic carbocycles. The van der Waals surface area contributed by atoms with Gasteiger partial charge in [0.2, 0.25) is 17.7 Å². The Hall–Kier alpha value is -11.2. The van der Waals surface area contributed by atoms with Crippen LogP contribution in [-0.2, 0) is 19.1 Å². The summed E-state index contributed by atoms with van der Waals surface area (Å²) < 4.78 is 48.9. The average Bonchev–Trinajstić information content (AvgIpc) is 1.66. The van der Waals surface area contributed by atoms with Gasteiger partial charge < -0.3 is 62.5 Å². The molecule has 4 fully saturated rings. The number of hydrogen-bond donors (Lipinski definition) is 6. The summed E-state index contributed by atoms with van der Waals surface area (Å²) in [5, 5.41) is 19.9. The summed E-state index contributed by atoms with van der Waals surface area (Å²) in [6.07, 6.45) is 5.78. The first kappa shape index (κ1) is 69.7. The van der Waals surface area contributed by atoms with Crippen LogP contribution in [0, 0.1) is 61.0 Å². The van der Waals surface area contributed by atoms with Gasteiger partial charge in [0.25, 0.3) is 17.7 Å². The number of nitrogens with one attached hydrogen (secondary N) is 2. The molecule has 7 heterocycles. The van der Waals surface area contributed by atoms with Gasteiger partial charge in [-0.2, -0.15) is 15.3 Å². The van der Waals surface area contributed by atoms with Crippen molar-refractivity contribution >= 4 is 52.9 Å². The van der Waals surface area contributed by atoms with Crippen LogP contribution in [0.3, 0.4) is 0 Å². The Morgan fingerprint density at radius 3 is 1.43 bits per heavy atom. The van der Waals surface area contributed by atoms with Crippen molar-refractivity contribution in [3.05, 3.63) is 166 Å². The van der Waals surface area contributed by atoms with Crippen molar-refractivity contribution in [2.24, 2.45) is 17.2 Å². The number of ether oxygens (including phenoxy) is 3. The van der Waals surface area contributed by atoms with Gasteiger partial charge in [-0.05, 0) is 117 Å². The quantitative estimate of drug-likeness (QED) is 0.0581. The van der Waals surface area contributed by atoms with Crippen LogP contribution in [-0.4, -0.2) is 184 Å². The third-order valence-electron chi connectivity index (χ3n) is 16.1. The number of carbonyl (C=O) groups excluding carboxylic acids is 6. The van der Waals surface area contributed by atoms with Crippen molar-refractivity contribution in [2.75, 3.05) is 116 Å². The molecule has 3 aromatic heterocycles. The van der Waals surface area contributed by atoms with E-state index in [4.69, 9.17) is 42.2 Å². The van der Waals surface area contributed by atoms with Gasteiger partial charge in [-0.25, -0.2) is 22.8 Å². The van der Waals surface area contributed by atoms with Crippen LogP contribution in [0.25, 0.3) is 0 Å². The standard InChI is InChI=1S/C27H34N6O5.C21H22FN5O2.C20H20FN5O2/c1-4-24(34)32-9-7-20(18-32)33-27(29-8-10-31-11-13-38-14-12-31)25(26(28)35)23(30-33)6-5-19-15-21(36-2)17-22(16-19)37-3;1-4-18(28)26-10-9-15(12-26)27-21(24-3)19(20(23)29)17(25-27)8-6-14-11-13(2)5-7-16(14)22;1-3-17(27)25-9-8-14(11-25)26-19(22)18(20(23)28)16(24-26)7-5-13-10-12(2)4-6-15(13)21/h4,15-17,20,29H,1,7-14,18H2,2-3H3,(H2,28,35);4-5,7,11,15,24H,1,9-10,12H2,2-3H3,(H2,23,29);3-4,6,10,14H,1,8-9,11,22H2,2H3,(H2,23,28)/t20-;15-;14-/m000/s1. The van der Waals surface area contributed by atoms with Gasteiger partial charge in [-0.15, -0.1) is 0 Å². The molecular weight excluding hydrogens is 1220 g/mol. The number of benzene rings is 3. The number of nitrogens with two attached hydrogens (primary N) is 4. The fourth-order valence-electron chi connectivity index (χ4n) is 11.2. The Morgan fingerprint density at radius 1 is 0.589 bits per heavy atom. The van der Waals surface area contributed by atoms with Crippen LogP contribution in [0.2, 0.25) is 0 Å². The van der Waals surface area contributed by atoms with Crippen molar-refractivity contribution < 1.29 is 51.8 Å². The smallest absolute Gasteiger partial charge is 0.255 e. The summed E-state index contributed by atoms with van der Waals surface area (Å²) in [7, 11) is 4.78. The predicted molar refractivity (Wildman–Crippen MR) is 353 cm³/mol. The molecule has 3 aromatic carbocycles. The van der Waals surface area contributed by atoms with E-state index in [9.17, 15) is 37.5 Å². The molecular formula is C68H76F2N16O9. The zero-order valence-electron chi connectivity index (χ0n) is 53.6. The van der Waals surface area contributed by atoms with Gasteiger partial charge in [0.05, 0.1) is 56.7 Å². The fraction of sp³-hybridized carbons (Fsp3) is 0.338. The number of likely N-dealkylation sites (tertiary alicyclic amines) is 3. The SMILES string of the molecule is C=CC(=O)N1CC[C@H](n2nc(C#Cc3cc(C)ccc3F)c(C(N)=O)c2N)C1.C=CC(=O)N1CC[C@H](n2nc(C#Cc3cc(C)ccc3F)c(C(N)=O)c2NC)C1.C=CC(=O)N1CC[C@H](n2nc(C#Cc3cc(OC)cc(OC)c3)c(C(N)=O)c2NCCN2CCOCC2)C1. The van der Waals surface area contributed by atoms with Crippen molar-refractivity contribution in [1.29, 1.82) is 0 Å². The molecule has 6 aromatic rings. The Kier molecular flexibility index (Phi) is 23.4. The molecule has 4 aliphatic rings. The van der Waals surface area contributed by atoms with Gasteiger partial charge in [0.15, 0.2) is 17.1 Å². The second kappa shape index (κ2) is 31.9. The first-order chi connectivity index (χ1) is 45.6. The number of hydrogen-bond acceptors (Lipinski definition) is 16. The van der Waals surface area contributed by atoms with E-state index in [1.165, 1.54) is 35.0 Å². The maximum absolute atomic E-state index is 14.0. The number of anilines is 3. The number of nitrogen functional groups attached to an aromatic ring is 1. The monoisotopic (exact) mass is 1300 g/mol. The highest BCUT2D eigenvalue weighted by molar-refractivity contribution is 6.01. The predicted octanol–water partition coefficient (Wildman–Crippen LogP) is 4.30. The Labute approximate surface area is 549 Å². The van der Waals surface area contributed by atoms with Crippen LogP contribution in [0.15, 0.2) is 92.6 Å². The van der Waals surface area contributed by atoms with Crippen LogP contribution in [0.5, 0.6) is 11.5 Å². The molecule has 6 amide bonds. The minimum absolute atomic E-state index is 0.00550. The minimum atomic E-state index is -0.769. The largest absolute Gasteiger partial charge is 0.497 e.